The lowest BCUT2D eigenvalue weighted by molar-refractivity contribution is 0.0684. The zero-order chi connectivity index (χ0) is 14.8. The Balaban J connectivity index is 1.79. The van der Waals surface area contributed by atoms with Gasteiger partial charge in [-0.3, -0.25) is 4.79 Å². The minimum atomic E-state index is 0.00113. The van der Waals surface area contributed by atoms with Gasteiger partial charge in [-0.2, -0.15) is 0 Å². The van der Waals surface area contributed by atoms with Gasteiger partial charge in [0.15, 0.2) is 0 Å². The van der Waals surface area contributed by atoms with E-state index in [2.05, 4.69) is 4.98 Å². The zero-order valence-electron chi connectivity index (χ0n) is 12.3. The van der Waals surface area contributed by atoms with Crippen molar-refractivity contribution in [3.8, 4) is 0 Å². The van der Waals surface area contributed by atoms with E-state index in [9.17, 15) is 4.79 Å². The molecule has 1 aliphatic rings. The van der Waals surface area contributed by atoms with Crippen molar-refractivity contribution in [2.45, 2.75) is 37.8 Å². The number of hydrogen-bond donors (Lipinski definition) is 1. The van der Waals surface area contributed by atoms with E-state index >= 15 is 0 Å². The molecule has 0 radical (unpaired) electrons. The Labute approximate surface area is 125 Å². The molecule has 110 valence electrons. The largest absolute Gasteiger partial charge is 0.337 e. The molecule has 0 spiro atoms. The minimum absolute atomic E-state index is 0.00113. The van der Waals surface area contributed by atoms with Crippen LogP contribution in [0, 0.1) is 0 Å². The van der Waals surface area contributed by atoms with Gasteiger partial charge in [0.1, 0.15) is 5.69 Å². The van der Waals surface area contributed by atoms with E-state index in [1.54, 1.807) is 0 Å². The molecule has 4 nitrogen and oxygen atoms in total. The number of carbonyl (C=O) groups is 1. The van der Waals surface area contributed by atoms with Gasteiger partial charge in [0.05, 0.1) is 5.52 Å². The molecular formula is C17H21N3O. The second kappa shape index (κ2) is 5.82. The summed E-state index contributed by atoms with van der Waals surface area (Å²) >= 11 is 0. The molecule has 0 saturated heterocycles. The number of benzene rings is 1. The third-order valence-electron chi connectivity index (χ3n) is 4.43. The van der Waals surface area contributed by atoms with Crippen LogP contribution in [-0.2, 0) is 0 Å². The van der Waals surface area contributed by atoms with Gasteiger partial charge in [0.2, 0.25) is 0 Å². The highest BCUT2D eigenvalue weighted by Gasteiger charge is 2.26. The Kier molecular flexibility index (Phi) is 3.88. The smallest absolute Gasteiger partial charge is 0.272 e. The molecule has 3 rings (SSSR count). The van der Waals surface area contributed by atoms with Crippen molar-refractivity contribution in [3.05, 3.63) is 42.1 Å². The highest BCUT2D eigenvalue weighted by molar-refractivity contribution is 5.94. The van der Waals surface area contributed by atoms with Gasteiger partial charge < -0.3 is 10.6 Å². The van der Waals surface area contributed by atoms with Crippen LogP contribution in [0.1, 0.15) is 36.2 Å². The maximum atomic E-state index is 12.6. The Bertz CT molecular complexity index is 647. The molecule has 2 aromatic rings. The first-order chi connectivity index (χ1) is 10.1. The van der Waals surface area contributed by atoms with Crippen LogP contribution in [0.15, 0.2) is 36.4 Å². The highest BCUT2D eigenvalue weighted by Crippen LogP contribution is 2.22. The normalized spacial score (nSPS) is 22.2. The number of amides is 1. The lowest BCUT2D eigenvalue weighted by Crippen LogP contribution is -2.42. The van der Waals surface area contributed by atoms with Crippen molar-refractivity contribution < 1.29 is 4.79 Å². The van der Waals surface area contributed by atoms with Crippen molar-refractivity contribution in [3.63, 3.8) is 0 Å². The number of carbonyl (C=O) groups excluding carboxylic acids is 1. The number of nitrogens with two attached hydrogens (primary N) is 1. The number of hydrogen-bond acceptors (Lipinski definition) is 3. The average molecular weight is 283 g/mol. The van der Waals surface area contributed by atoms with E-state index in [-0.39, 0.29) is 11.9 Å². The van der Waals surface area contributed by atoms with Crippen LogP contribution in [0.3, 0.4) is 0 Å². The average Bonchev–Trinajstić information content (AvgIpc) is 2.54. The molecule has 1 heterocycles. The SMILES string of the molecule is CN(C(=O)c1ccc2ccccc2n1)C1CCC(N)CC1. The van der Waals surface area contributed by atoms with E-state index in [0.29, 0.717) is 11.7 Å². The third kappa shape index (κ3) is 2.90. The quantitative estimate of drug-likeness (QED) is 0.921. The molecule has 4 heteroatoms. The molecule has 1 amide bonds. The predicted octanol–water partition coefficient (Wildman–Crippen LogP) is 2.58. The molecule has 2 N–H and O–H groups in total. The van der Waals surface area contributed by atoms with Gasteiger partial charge in [0.25, 0.3) is 5.91 Å². The molecule has 0 unspecified atom stereocenters. The number of rotatable bonds is 2. The van der Waals surface area contributed by atoms with Crippen molar-refractivity contribution >= 4 is 16.8 Å². The molecule has 0 atom stereocenters. The van der Waals surface area contributed by atoms with Crippen LogP contribution in [0.25, 0.3) is 10.9 Å². The van der Waals surface area contributed by atoms with Gasteiger partial charge in [-0.1, -0.05) is 24.3 Å². The Morgan fingerprint density at radius 3 is 2.62 bits per heavy atom. The van der Waals surface area contributed by atoms with E-state index in [1.165, 1.54) is 0 Å². The summed E-state index contributed by atoms with van der Waals surface area (Å²) in [5.41, 5.74) is 7.31. The topological polar surface area (TPSA) is 59.2 Å². The second-order valence-electron chi connectivity index (χ2n) is 5.87. The highest BCUT2D eigenvalue weighted by atomic mass is 16.2. The molecule has 0 bridgehead atoms. The standard InChI is InChI=1S/C17H21N3O/c1-20(14-9-7-13(18)8-10-14)17(21)16-11-6-12-4-2-3-5-15(12)19-16/h2-6,11,13-14H,7-10,18H2,1H3. The number of fused-ring (bicyclic) bond motifs is 1. The number of pyridine rings is 1. The third-order valence-corrected chi connectivity index (χ3v) is 4.43. The molecule has 21 heavy (non-hydrogen) atoms. The van der Waals surface area contributed by atoms with Crippen LogP contribution in [-0.4, -0.2) is 34.9 Å². The fraction of sp³-hybridized carbons (Fsp3) is 0.412. The second-order valence-corrected chi connectivity index (χ2v) is 5.87. The molecule has 1 saturated carbocycles. The van der Waals surface area contributed by atoms with Crippen LogP contribution in [0.4, 0.5) is 0 Å². The first kappa shape index (κ1) is 14.0. The Morgan fingerprint density at radius 2 is 1.86 bits per heavy atom. The fourth-order valence-corrected chi connectivity index (χ4v) is 3.02. The summed E-state index contributed by atoms with van der Waals surface area (Å²) in [6, 6.07) is 12.2. The Morgan fingerprint density at radius 1 is 1.14 bits per heavy atom. The van der Waals surface area contributed by atoms with E-state index in [1.807, 2.05) is 48.3 Å². The molecule has 1 aliphatic carbocycles. The van der Waals surface area contributed by atoms with Gasteiger partial charge >= 0.3 is 0 Å². The van der Waals surface area contributed by atoms with E-state index < -0.39 is 0 Å². The van der Waals surface area contributed by atoms with E-state index in [4.69, 9.17) is 5.73 Å². The maximum absolute atomic E-state index is 12.6. The number of nitrogens with zero attached hydrogens (tertiary/aromatic N) is 2. The zero-order valence-corrected chi connectivity index (χ0v) is 12.3. The van der Waals surface area contributed by atoms with Crippen LogP contribution in [0.2, 0.25) is 0 Å². The summed E-state index contributed by atoms with van der Waals surface area (Å²) in [5.74, 6) is 0.00113. The lowest BCUT2D eigenvalue weighted by atomic mass is 9.91. The van der Waals surface area contributed by atoms with Gasteiger partial charge in [-0.05, 0) is 37.8 Å². The molecule has 1 fully saturated rings. The van der Waals surface area contributed by atoms with E-state index in [0.717, 1.165) is 36.6 Å². The number of para-hydroxylation sites is 1. The molecule has 0 aliphatic heterocycles. The molecule has 1 aromatic heterocycles. The number of aromatic nitrogens is 1. The van der Waals surface area contributed by atoms with Gasteiger partial charge in [0, 0.05) is 24.5 Å². The summed E-state index contributed by atoms with van der Waals surface area (Å²) in [7, 11) is 1.88. The van der Waals surface area contributed by atoms with Gasteiger partial charge in [-0.25, -0.2) is 4.98 Å². The first-order valence-corrected chi connectivity index (χ1v) is 7.53. The summed E-state index contributed by atoms with van der Waals surface area (Å²) in [4.78, 5) is 18.9. The monoisotopic (exact) mass is 283 g/mol. The van der Waals surface area contributed by atoms with Crippen LogP contribution < -0.4 is 5.73 Å². The lowest BCUT2D eigenvalue weighted by Gasteiger charge is -2.33. The first-order valence-electron chi connectivity index (χ1n) is 7.53. The summed E-state index contributed by atoms with van der Waals surface area (Å²) in [5, 5.41) is 1.06. The molecule has 1 aromatic carbocycles. The summed E-state index contributed by atoms with van der Waals surface area (Å²) in [6.07, 6.45) is 3.95. The van der Waals surface area contributed by atoms with Crippen LogP contribution >= 0.6 is 0 Å². The summed E-state index contributed by atoms with van der Waals surface area (Å²) < 4.78 is 0. The van der Waals surface area contributed by atoms with Crippen molar-refractivity contribution in [1.29, 1.82) is 0 Å². The predicted molar refractivity (Wildman–Crippen MR) is 84.1 cm³/mol. The van der Waals surface area contributed by atoms with Gasteiger partial charge in [-0.15, -0.1) is 0 Å². The van der Waals surface area contributed by atoms with Crippen molar-refractivity contribution in [1.82, 2.24) is 9.88 Å². The van der Waals surface area contributed by atoms with Crippen molar-refractivity contribution in [2.24, 2.45) is 5.73 Å². The minimum Gasteiger partial charge on any atom is -0.337 e. The van der Waals surface area contributed by atoms with Crippen molar-refractivity contribution in [2.75, 3.05) is 7.05 Å². The summed E-state index contributed by atoms with van der Waals surface area (Å²) in [6.45, 7) is 0. The maximum Gasteiger partial charge on any atom is 0.272 e. The Hall–Kier alpha value is -1.94. The fourth-order valence-electron chi connectivity index (χ4n) is 3.02. The molecular weight excluding hydrogens is 262 g/mol. The van der Waals surface area contributed by atoms with Crippen LogP contribution in [0.5, 0.6) is 0 Å².